The number of benzene rings is 1. The molecule has 6 heteroatoms. The SMILES string of the molecule is CCC(C)c1ccc(S(=O)(=O)Nc2cnn(CC)c2C)cc1. The molecule has 5 nitrogen and oxygen atoms in total. The van der Waals surface area contributed by atoms with Gasteiger partial charge in [0.15, 0.2) is 0 Å². The number of nitrogens with zero attached hydrogens (tertiary/aromatic N) is 2. The Morgan fingerprint density at radius 1 is 1.23 bits per heavy atom. The summed E-state index contributed by atoms with van der Waals surface area (Å²) in [5, 5.41) is 4.15. The number of nitrogens with one attached hydrogen (secondary N) is 1. The molecular weight excluding hydrogens is 298 g/mol. The highest BCUT2D eigenvalue weighted by atomic mass is 32.2. The first-order chi connectivity index (χ1) is 10.4. The summed E-state index contributed by atoms with van der Waals surface area (Å²) in [6.45, 7) is 8.76. The summed E-state index contributed by atoms with van der Waals surface area (Å²) in [5.41, 5.74) is 2.48. The Morgan fingerprint density at radius 3 is 2.36 bits per heavy atom. The predicted octanol–water partition coefficient (Wildman–Crippen LogP) is 3.53. The highest BCUT2D eigenvalue weighted by molar-refractivity contribution is 7.92. The largest absolute Gasteiger partial charge is 0.276 e. The van der Waals surface area contributed by atoms with E-state index in [-0.39, 0.29) is 4.90 Å². The Labute approximate surface area is 132 Å². The van der Waals surface area contributed by atoms with Gasteiger partial charge in [-0.25, -0.2) is 8.42 Å². The van der Waals surface area contributed by atoms with Gasteiger partial charge in [-0.2, -0.15) is 5.10 Å². The predicted molar refractivity (Wildman–Crippen MR) is 88.6 cm³/mol. The van der Waals surface area contributed by atoms with Crippen LogP contribution < -0.4 is 4.72 Å². The van der Waals surface area contributed by atoms with Crippen molar-refractivity contribution >= 4 is 15.7 Å². The second-order valence-corrected chi connectivity index (χ2v) is 7.13. The Hall–Kier alpha value is -1.82. The van der Waals surface area contributed by atoms with Crippen molar-refractivity contribution in [3.63, 3.8) is 0 Å². The number of hydrogen-bond donors (Lipinski definition) is 1. The highest BCUT2D eigenvalue weighted by Gasteiger charge is 2.17. The van der Waals surface area contributed by atoms with Crippen LogP contribution in [-0.2, 0) is 16.6 Å². The Balaban J connectivity index is 2.24. The minimum atomic E-state index is -3.58. The first-order valence-electron chi connectivity index (χ1n) is 7.54. The van der Waals surface area contributed by atoms with Crippen LogP contribution in [0.4, 0.5) is 5.69 Å². The highest BCUT2D eigenvalue weighted by Crippen LogP contribution is 2.23. The molecule has 2 rings (SSSR count). The van der Waals surface area contributed by atoms with E-state index < -0.39 is 10.0 Å². The van der Waals surface area contributed by atoms with Crippen molar-refractivity contribution in [2.24, 2.45) is 0 Å². The molecule has 1 aromatic heterocycles. The van der Waals surface area contributed by atoms with E-state index in [0.29, 0.717) is 18.2 Å². The number of rotatable bonds is 6. The summed E-state index contributed by atoms with van der Waals surface area (Å²) < 4.78 is 29.3. The van der Waals surface area contributed by atoms with Crippen molar-refractivity contribution < 1.29 is 8.42 Å². The number of anilines is 1. The molecule has 0 radical (unpaired) electrons. The quantitative estimate of drug-likeness (QED) is 0.885. The summed E-state index contributed by atoms with van der Waals surface area (Å²) in [4.78, 5) is 0.267. The molecule has 0 aliphatic heterocycles. The molecule has 0 fully saturated rings. The second kappa shape index (κ2) is 6.52. The minimum absolute atomic E-state index is 0.267. The number of aromatic nitrogens is 2. The lowest BCUT2D eigenvalue weighted by molar-refractivity contribution is 0.601. The maximum Gasteiger partial charge on any atom is 0.262 e. The average Bonchev–Trinajstić information content (AvgIpc) is 2.86. The van der Waals surface area contributed by atoms with Crippen molar-refractivity contribution in [1.29, 1.82) is 0 Å². The van der Waals surface area contributed by atoms with Gasteiger partial charge in [0.2, 0.25) is 0 Å². The fraction of sp³-hybridized carbons (Fsp3) is 0.438. The molecule has 0 bridgehead atoms. The summed E-state index contributed by atoms with van der Waals surface area (Å²) in [5.74, 6) is 0.426. The van der Waals surface area contributed by atoms with Gasteiger partial charge < -0.3 is 0 Å². The van der Waals surface area contributed by atoms with Crippen molar-refractivity contribution in [3.05, 3.63) is 41.7 Å². The van der Waals surface area contributed by atoms with Gasteiger partial charge in [0.05, 0.1) is 22.5 Å². The first-order valence-corrected chi connectivity index (χ1v) is 9.02. The van der Waals surface area contributed by atoms with E-state index in [9.17, 15) is 8.42 Å². The average molecular weight is 321 g/mol. The van der Waals surface area contributed by atoms with E-state index in [1.54, 1.807) is 23.0 Å². The number of sulfonamides is 1. The monoisotopic (exact) mass is 321 g/mol. The lowest BCUT2D eigenvalue weighted by Crippen LogP contribution is -2.13. The molecule has 0 saturated heterocycles. The molecule has 0 aliphatic rings. The lowest BCUT2D eigenvalue weighted by Gasteiger charge is -2.11. The fourth-order valence-corrected chi connectivity index (χ4v) is 3.38. The van der Waals surface area contributed by atoms with Crippen LogP contribution in [0.5, 0.6) is 0 Å². The van der Waals surface area contributed by atoms with Crippen molar-refractivity contribution in [2.75, 3.05) is 4.72 Å². The molecule has 1 unspecified atom stereocenters. The zero-order valence-electron chi connectivity index (χ0n) is 13.5. The number of hydrogen-bond acceptors (Lipinski definition) is 3. The lowest BCUT2D eigenvalue weighted by atomic mass is 9.99. The topological polar surface area (TPSA) is 64.0 Å². The van der Waals surface area contributed by atoms with E-state index in [2.05, 4.69) is 23.7 Å². The van der Waals surface area contributed by atoms with Crippen molar-refractivity contribution in [2.45, 2.75) is 51.5 Å². The van der Waals surface area contributed by atoms with Crippen LogP contribution in [0.15, 0.2) is 35.4 Å². The van der Waals surface area contributed by atoms with Gasteiger partial charge in [0.1, 0.15) is 0 Å². The Bertz CT molecular complexity index is 733. The number of aryl methyl sites for hydroxylation is 1. The van der Waals surface area contributed by atoms with Crippen LogP contribution in [-0.4, -0.2) is 18.2 Å². The standard InChI is InChI=1S/C16H23N3O2S/c1-5-12(3)14-7-9-15(10-8-14)22(20,21)18-16-11-17-19(6-2)13(16)4/h7-12,18H,5-6H2,1-4H3. The third-order valence-electron chi connectivity index (χ3n) is 4.02. The molecule has 0 aliphatic carbocycles. The maximum absolute atomic E-state index is 12.5. The van der Waals surface area contributed by atoms with E-state index in [0.717, 1.165) is 17.7 Å². The summed E-state index contributed by atoms with van der Waals surface area (Å²) >= 11 is 0. The third kappa shape index (κ3) is 3.32. The molecule has 1 N–H and O–H groups in total. The molecule has 2 aromatic rings. The molecule has 22 heavy (non-hydrogen) atoms. The van der Waals surface area contributed by atoms with Gasteiger partial charge in [0.25, 0.3) is 10.0 Å². The van der Waals surface area contributed by atoms with Gasteiger partial charge in [-0.1, -0.05) is 26.0 Å². The van der Waals surface area contributed by atoms with Crippen LogP contribution in [0, 0.1) is 6.92 Å². The first kappa shape index (κ1) is 16.5. The third-order valence-corrected chi connectivity index (χ3v) is 5.40. The molecule has 120 valence electrons. The van der Waals surface area contributed by atoms with Crippen LogP contribution >= 0.6 is 0 Å². The van der Waals surface area contributed by atoms with Gasteiger partial charge in [-0.3, -0.25) is 9.40 Å². The van der Waals surface area contributed by atoms with Gasteiger partial charge in [0, 0.05) is 6.54 Å². The Morgan fingerprint density at radius 2 is 1.86 bits per heavy atom. The van der Waals surface area contributed by atoms with Gasteiger partial charge in [-0.15, -0.1) is 0 Å². The maximum atomic E-state index is 12.5. The fourth-order valence-electron chi connectivity index (χ4n) is 2.28. The summed E-state index contributed by atoms with van der Waals surface area (Å²) in [6, 6.07) is 7.07. The zero-order valence-corrected chi connectivity index (χ0v) is 14.3. The normalized spacial score (nSPS) is 13.1. The summed E-state index contributed by atoms with van der Waals surface area (Å²) in [7, 11) is -3.58. The van der Waals surface area contributed by atoms with Crippen molar-refractivity contribution in [1.82, 2.24) is 9.78 Å². The van der Waals surface area contributed by atoms with E-state index in [1.807, 2.05) is 26.0 Å². The van der Waals surface area contributed by atoms with E-state index in [1.165, 1.54) is 0 Å². The Kier molecular flexibility index (Phi) is 4.90. The zero-order chi connectivity index (χ0) is 16.3. The van der Waals surface area contributed by atoms with Gasteiger partial charge >= 0.3 is 0 Å². The van der Waals surface area contributed by atoms with E-state index >= 15 is 0 Å². The van der Waals surface area contributed by atoms with Gasteiger partial charge in [-0.05, 0) is 43.9 Å². The molecule has 1 heterocycles. The van der Waals surface area contributed by atoms with Crippen LogP contribution in [0.1, 0.15) is 44.4 Å². The minimum Gasteiger partial charge on any atom is -0.276 e. The van der Waals surface area contributed by atoms with Crippen LogP contribution in [0.3, 0.4) is 0 Å². The smallest absolute Gasteiger partial charge is 0.262 e. The summed E-state index contributed by atoms with van der Waals surface area (Å²) in [6.07, 6.45) is 2.57. The molecular formula is C16H23N3O2S. The van der Waals surface area contributed by atoms with E-state index in [4.69, 9.17) is 0 Å². The second-order valence-electron chi connectivity index (χ2n) is 5.44. The van der Waals surface area contributed by atoms with Crippen LogP contribution in [0.25, 0.3) is 0 Å². The molecule has 0 saturated carbocycles. The van der Waals surface area contributed by atoms with Crippen LogP contribution in [0.2, 0.25) is 0 Å². The molecule has 0 spiro atoms. The van der Waals surface area contributed by atoms with Crippen molar-refractivity contribution in [3.8, 4) is 0 Å². The molecule has 1 aromatic carbocycles. The molecule has 0 amide bonds. The molecule has 1 atom stereocenters.